The molecule has 3 nitrogen and oxygen atoms in total. The molecule has 2 aliphatic heterocycles. The van der Waals surface area contributed by atoms with Gasteiger partial charge in [-0.1, -0.05) is 31.9 Å². The summed E-state index contributed by atoms with van der Waals surface area (Å²) in [7, 11) is 0. The predicted octanol–water partition coefficient (Wildman–Crippen LogP) is 5.21. The fourth-order valence-electron chi connectivity index (χ4n) is 9.00. The Morgan fingerprint density at radius 3 is 2.83 bits per heavy atom. The lowest BCUT2D eigenvalue weighted by Crippen LogP contribution is -2.49. The lowest BCUT2D eigenvalue weighted by Gasteiger charge is -2.48. The van der Waals surface area contributed by atoms with Crippen LogP contribution in [0.15, 0.2) is 22.8 Å². The summed E-state index contributed by atoms with van der Waals surface area (Å²) in [6.07, 6.45) is 11.7. The van der Waals surface area contributed by atoms with Crippen LogP contribution in [-0.2, 0) is 9.53 Å². The van der Waals surface area contributed by atoms with Gasteiger partial charge in [0, 0.05) is 18.4 Å². The Morgan fingerprint density at radius 1 is 1.17 bits per heavy atom. The number of allylic oxidation sites excluding steroid dienone is 3. The number of rotatable bonds is 0. The zero-order valence-corrected chi connectivity index (χ0v) is 19.3. The van der Waals surface area contributed by atoms with Crippen molar-refractivity contribution in [3.8, 4) is 0 Å². The molecule has 1 N–H and O–H groups in total. The zero-order chi connectivity index (χ0) is 20.8. The molecule has 0 aromatic rings. The van der Waals surface area contributed by atoms with Crippen molar-refractivity contribution in [2.75, 3.05) is 6.54 Å². The Labute approximate surface area is 182 Å². The number of ketones is 1. The summed E-state index contributed by atoms with van der Waals surface area (Å²) in [4.78, 5) is 12.1. The highest BCUT2D eigenvalue weighted by Crippen LogP contribution is 2.65. The Kier molecular flexibility index (Phi) is 4.30. The number of hydrogen-bond acceptors (Lipinski definition) is 3. The minimum absolute atomic E-state index is 0.0339. The fourth-order valence-corrected chi connectivity index (χ4v) is 9.00. The van der Waals surface area contributed by atoms with E-state index < -0.39 is 0 Å². The Balaban J connectivity index is 1.36. The highest BCUT2D eigenvalue weighted by molar-refractivity contribution is 5.91. The van der Waals surface area contributed by atoms with Gasteiger partial charge in [0.25, 0.3) is 0 Å². The summed E-state index contributed by atoms with van der Waals surface area (Å²) >= 11 is 0. The van der Waals surface area contributed by atoms with Crippen molar-refractivity contribution in [2.24, 2.45) is 35.0 Å². The second-order valence-corrected chi connectivity index (χ2v) is 12.0. The molecule has 0 radical (unpaired) electrons. The molecule has 6 rings (SSSR count). The van der Waals surface area contributed by atoms with Gasteiger partial charge in [0.2, 0.25) is 0 Å². The van der Waals surface area contributed by atoms with Crippen LogP contribution < -0.4 is 5.32 Å². The lowest BCUT2D eigenvalue weighted by atomic mass is 9.56. The molecule has 6 aliphatic rings. The number of nitrogens with one attached hydrogen (secondary N) is 1. The maximum absolute atomic E-state index is 12.1. The van der Waals surface area contributed by atoms with Crippen molar-refractivity contribution in [2.45, 2.75) is 96.8 Å². The molecule has 2 saturated carbocycles. The van der Waals surface area contributed by atoms with E-state index in [0.29, 0.717) is 29.8 Å². The first-order chi connectivity index (χ1) is 14.3. The minimum Gasteiger partial charge on any atom is -0.365 e. The fraction of sp³-hybridized carbons (Fsp3) is 0.815. The summed E-state index contributed by atoms with van der Waals surface area (Å²) in [6.45, 7) is 10.9. The predicted molar refractivity (Wildman–Crippen MR) is 119 cm³/mol. The van der Waals surface area contributed by atoms with E-state index in [4.69, 9.17) is 4.74 Å². The largest absolute Gasteiger partial charge is 0.365 e. The van der Waals surface area contributed by atoms with Gasteiger partial charge in [0.05, 0.1) is 11.7 Å². The molecule has 0 aromatic heterocycles. The molecule has 1 spiro atoms. The average molecular weight is 410 g/mol. The van der Waals surface area contributed by atoms with Crippen LogP contribution in [0.5, 0.6) is 0 Å². The number of ether oxygens (including phenoxy) is 1. The standard InChI is InChI=1S/C27H39NO2/c1-15-11-24-25(28-14-15)17(3)27(30-24)10-8-20-21-6-5-18-12-19(29)7-9-26(18,4)23(21)13-22(20)16(27)2/h12,15,17,20-21,23-25,28H,5-11,13-14H2,1-4H3/t15-,17+,20-,21-,23-,24+,25?,26-,27-/m0/s1. The van der Waals surface area contributed by atoms with Crippen molar-refractivity contribution in [3.63, 3.8) is 0 Å². The van der Waals surface area contributed by atoms with Crippen molar-refractivity contribution >= 4 is 5.78 Å². The summed E-state index contributed by atoms with van der Waals surface area (Å²) in [6, 6.07) is 0.522. The topological polar surface area (TPSA) is 38.3 Å². The van der Waals surface area contributed by atoms with Gasteiger partial charge in [-0.2, -0.15) is 0 Å². The van der Waals surface area contributed by atoms with Gasteiger partial charge in [0.15, 0.2) is 5.78 Å². The Bertz CT molecular complexity index is 842. The maximum Gasteiger partial charge on any atom is 0.155 e. The van der Waals surface area contributed by atoms with Crippen molar-refractivity contribution < 1.29 is 9.53 Å². The molecule has 4 aliphatic carbocycles. The van der Waals surface area contributed by atoms with Crippen LogP contribution in [0, 0.1) is 35.0 Å². The van der Waals surface area contributed by atoms with Crippen LogP contribution in [-0.4, -0.2) is 30.1 Å². The van der Waals surface area contributed by atoms with Gasteiger partial charge < -0.3 is 10.1 Å². The molecule has 0 bridgehead atoms. The summed E-state index contributed by atoms with van der Waals surface area (Å²) in [5, 5.41) is 3.84. The normalized spacial score (nSPS) is 52.6. The zero-order valence-electron chi connectivity index (χ0n) is 19.3. The van der Waals surface area contributed by atoms with E-state index >= 15 is 0 Å². The molecular formula is C27H39NO2. The Morgan fingerprint density at radius 2 is 2.00 bits per heavy atom. The Hall–Kier alpha value is -0.930. The molecule has 2 heterocycles. The monoisotopic (exact) mass is 409 g/mol. The van der Waals surface area contributed by atoms with Gasteiger partial charge in [-0.15, -0.1) is 0 Å². The molecule has 1 unspecified atom stereocenters. The third kappa shape index (κ3) is 2.48. The molecule has 30 heavy (non-hydrogen) atoms. The highest BCUT2D eigenvalue weighted by atomic mass is 16.5. The van der Waals surface area contributed by atoms with Crippen LogP contribution >= 0.6 is 0 Å². The van der Waals surface area contributed by atoms with Gasteiger partial charge in [0.1, 0.15) is 0 Å². The molecule has 3 heteroatoms. The molecule has 2 saturated heterocycles. The first-order valence-electron chi connectivity index (χ1n) is 12.7. The van der Waals surface area contributed by atoms with E-state index in [1.807, 2.05) is 6.08 Å². The summed E-state index contributed by atoms with van der Waals surface area (Å²) in [5.41, 5.74) is 5.05. The second-order valence-electron chi connectivity index (χ2n) is 12.0. The van der Waals surface area contributed by atoms with Gasteiger partial charge >= 0.3 is 0 Å². The quantitative estimate of drug-likeness (QED) is 0.558. The van der Waals surface area contributed by atoms with E-state index in [1.54, 1.807) is 11.1 Å². The van der Waals surface area contributed by atoms with Crippen LogP contribution in [0.1, 0.15) is 79.1 Å². The highest BCUT2D eigenvalue weighted by Gasteiger charge is 2.60. The minimum atomic E-state index is -0.0339. The molecule has 164 valence electrons. The van der Waals surface area contributed by atoms with E-state index in [1.165, 1.54) is 37.7 Å². The van der Waals surface area contributed by atoms with E-state index in [9.17, 15) is 4.79 Å². The molecule has 9 atom stereocenters. The first kappa shape index (κ1) is 19.7. The SMILES string of the molecule is CC1=C2C[C@H]3[C@@H](CCC4=CC(=O)CC[C@@]43C)[C@@H]2CC[C@]12O[C@@H]1C[C@H](C)CNC1[C@H]2C. The van der Waals surface area contributed by atoms with E-state index in [-0.39, 0.29) is 11.0 Å². The number of hydrogen-bond donors (Lipinski definition) is 1. The maximum atomic E-state index is 12.1. The van der Waals surface area contributed by atoms with Crippen LogP contribution in [0.2, 0.25) is 0 Å². The number of carbonyl (C=O) groups excluding carboxylic acids is 1. The molecular weight excluding hydrogens is 370 g/mol. The summed E-state index contributed by atoms with van der Waals surface area (Å²) < 4.78 is 7.02. The van der Waals surface area contributed by atoms with Crippen LogP contribution in [0.3, 0.4) is 0 Å². The van der Waals surface area contributed by atoms with E-state index in [0.717, 1.165) is 43.6 Å². The average Bonchev–Trinajstić information content (AvgIpc) is 3.23. The van der Waals surface area contributed by atoms with Crippen LogP contribution in [0.25, 0.3) is 0 Å². The van der Waals surface area contributed by atoms with Crippen molar-refractivity contribution in [1.82, 2.24) is 5.32 Å². The van der Waals surface area contributed by atoms with Gasteiger partial charge in [-0.05, 0) is 99.1 Å². The molecule has 0 amide bonds. The lowest BCUT2D eigenvalue weighted by molar-refractivity contribution is -0.116. The molecule has 4 fully saturated rings. The third-order valence-electron chi connectivity index (χ3n) is 10.8. The van der Waals surface area contributed by atoms with Crippen molar-refractivity contribution in [1.29, 1.82) is 0 Å². The smallest absolute Gasteiger partial charge is 0.155 e. The van der Waals surface area contributed by atoms with Gasteiger partial charge in [-0.3, -0.25) is 4.79 Å². The number of fused-ring (bicyclic) bond motifs is 6. The number of carbonyl (C=O) groups is 1. The van der Waals surface area contributed by atoms with Crippen molar-refractivity contribution in [3.05, 3.63) is 22.8 Å². The second kappa shape index (κ2) is 6.54. The summed E-state index contributed by atoms with van der Waals surface area (Å²) in [5.74, 6) is 3.95. The van der Waals surface area contributed by atoms with E-state index in [2.05, 4.69) is 33.0 Å². The van der Waals surface area contributed by atoms with Gasteiger partial charge in [-0.25, -0.2) is 0 Å². The van der Waals surface area contributed by atoms with Crippen LogP contribution in [0.4, 0.5) is 0 Å². The molecule has 0 aromatic carbocycles. The third-order valence-corrected chi connectivity index (χ3v) is 10.8. The number of piperidine rings is 1. The first-order valence-corrected chi connectivity index (χ1v) is 12.7.